The largest absolute Gasteiger partial charge is 0.452 e. The summed E-state index contributed by atoms with van der Waals surface area (Å²) in [4.78, 5) is 28.3. The van der Waals surface area contributed by atoms with Crippen LogP contribution in [0.5, 0.6) is 0 Å². The number of benzene rings is 2. The minimum atomic E-state index is -0.515. The molecule has 27 heavy (non-hydrogen) atoms. The quantitative estimate of drug-likeness (QED) is 0.723. The lowest BCUT2D eigenvalue weighted by molar-refractivity contribution is -0.119. The van der Waals surface area contributed by atoms with Gasteiger partial charge in [0, 0.05) is 44.2 Å². The Kier molecular flexibility index (Phi) is 7.23. The van der Waals surface area contributed by atoms with Gasteiger partial charge in [-0.1, -0.05) is 0 Å². The minimum absolute atomic E-state index is 0.327. The molecule has 2 aromatic carbocycles. The molecule has 0 heterocycles. The van der Waals surface area contributed by atoms with E-state index >= 15 is 0 Å². The monoisotopic (exact) mass is 369 g/mol. The summed E-state index contributed by atoms with van der Waals surface area (Å²) in [6, 6.07) is 14.6. The van der Waals surface area contributed by atoms with Crippen molar-refractivity contribution in [3.8, 4) is 0 Å². The molecule has 0 aromatic heterocycles. The van der Waals surface area contributed by atoms with E-state index < -0.39 is 5.97 Å². The van der Waals surface area contributed by atoms with Crippen molar-refractivity contribution in [3.05, 3.63) is 54.1 Å². The number of ether oxygens (including phenoxy) is 1. The number of carbonyl (C=O) groups is 2. The molecule has 0 bridgehead atoms. The van der Waals surface area contributed by atoms with Gasteiger partial charge in [-0.15, -0.1) is 0 Å². The zero-order chi connectivity index (χ0) is 19.8. The molecule has 0 unspecified atom stereocenters. The van der Waals surface area contributed by atoms with Crippen LogP contribution in [-0.4, -0.2) is 45.7 Å². The zero-order valence-corrected chi connectivity index (χ0v) is 16.4. The molecule has 1 N–H and O–H groups in total. The Morgan fingerprint density at radius 3 is 1.96 bits per heavy atom. The summed E-state index contributed by atoms with van der Waals surface area (Å²) in [5.41, 5.74) is 3.17. The summed E-state index contributed by atoms with van der Waals surface area (Å²) in [5.74, 6) is -0.889. The van der Waals surface area contributed by atoms with Gasteiger partial charge < -0.3 is 19.9 Å². The van der Waals surface area contributed by atoms with Gasteiger partial charge in [-0.05, 0) is 62.4 Å². The second-order valence-electron chi connectivity index (χ2n) is 6.28. The summed E-state index contributed by atoms with van der Waals surface area (Å²) in [5, 5.41) is 2.71. The Labute approximate surface area is 160 Å². The van der Waals surface area contributed by atoms with Crippen LogP contribution in [0.4, 0.5) is 17.1 Å². The highest BCUT2D eigenvalue weighted by molar-refractivity contribution is 5.95. The van der Waals surface area contributed by atoms with E-state index in [0.29, 0.717) is 11.3 Å². The number of hydrogen-bond acceptors (Lipinski definition) is 5. The topological polar surface area (TPSA) is 61.9 Å². The van der Waals surface area contributed by atoms with E-state index in [2.05, 4.69) is 24.1 Å². The van der Waals surface area contributed by atoms with Gasteiger partial charge in [0.15, 0.2) is 6.61 Å². The van der Waals surface area contributed by atoms with E-state index in [0.717, 1.165) is 24.5 Å². The lowest BCUT2D eigenvalue weighted by Crippen LogP contribution is -2.22. The van der Waals surface area contributed by atoms with Crippen molar-refractivity contribution >= 4 is 28.9 Å². The Morgan fingerprint density at radius 1 is 0.889 bits per heavy atom. The number of hydrogen-bond donors (Lipinski definition) is 1. The molecule has 0 aliphatic heterocycles. The van der Waals surface area contributed by atoms with Crippen LogP contribution in [0.2, 0.25) is 0 Å². The lowest BCUT2D eigenvalue weighted by atomic mass is 10.2. The molecule has 1 amide bonds. The highest BCUT2D eigenvalue weighted by atomic mass is 16.5. The minimum Gasteiger partial charge on any atom is -0.452 e. The molecule has 6 heteroatoms. The second-order valence-corrected chi connectivity index (χ2v) is 6.28. The normalized spacial score (nSPS) is 10.2. The Morgan fingerprint density at radius 2 is 1.44 bits per heavy atom. The number of rotatable bonds is 8. The van der Waals surface area contributed by atoms with Gasteiger partial charge in [-0.3, -0.25) is 4.79 Å². The first-order chi connectivity index (χ1) is 12.9. The fourth-order valence-electron chi connectivity index (χ4n) is 2.65. The number of anilines is 3. The van der Waals surface area contributed by atoms with Crippen LogP contribution in [0, 0.1) is 0 Å². The van der Waals surface area contributed by atoms with Crippen molar-refractivity contribution in [2.75, 3.05) is 48.9 Å². The molecule has 0 spiro atoms. The van der Waals surface area contributed by atoms with Crippen molar-refractivity contribution < 1.29 is 14.3 Å². The molecule has 0 aliphatic rings. The maximum Gasteiger partial charge on any atom is 0.338 e. The number of esters is 1. The average molecular weight is 369 g/mol. The van der Waals surface area contributed by atoms with Gasteiger partial charge in [-0.25, -0.2) is 4.79 Å². The number of nitrogens with zero attached hydrogens (tertiary/aromatic N) is 2. The van der Waals surface area contributed by atoms with Crippen molar-refractivity contribution in [2.45, 2.75) is 13.8 Å². The number of carbonyl (C=O) groups excluding carboxylic acids is 2. The summed E-state index contributed by atoms with van der Waals surface area (Å²) < 4.78 is 5.10. The number of amides is 1. The fourth-order valence-corrected chi connectivity index (χ4v) is 2.65. The van der Waals surface area contributed by atoms with Gasteiger partial charge in [0.05, 0.1) is 5.56 Å². The van der Waals surface area contributed by atoms with Crippen molar-refractivity contribution in [1.82, 2.24) is 0 Å². The highest BCUT2D eigenvalue weighted by Crippen LogP contribution is 2.17. The predicted octanol–water partition coefficient (Wildman–Crippen LogP) is 3.39. The van der Waals surface area contributed by atoms with Crippen molar-refractivity contribution in [2.24, 2.45) is 0 Å². The predicted molar refractivity (Wildman–Crippen MR) is 110 cm³/mol. The summed E-state index contributed by atoms with van der Waals surface area (Å²) >= 11 is 0. The third-order valence-electron chi connectivity index (χ3n) is 4.23. The van der Waals surface area contributed by atoms with Gasteiger partial charge >= 0.3 is 5.97 Å². The van der Waals surface area contributed by atoms with Crippen LogP contribution in [0.15, 0.2) is 48.5 Å². The standard InChI is InChI=1S/C21H27N3O3/c1-5-24(6-2)19-11-7-16(8-12-19)21(26)27-15-20(25)22-17-9-13-18(14-10-17)23(3)4/h7-14H,5-6,15H2,1-4H3,(H,22,25). The molecule has 2 rings (SSSR count). The molecule has 0 radical (unpaired) electrons. The van der Waals surface area contributed by atoms with Crippen LogP contribution >= 0.6 is 0 Å². The molecular formula is C21H27N3O3. The van der Waals surface area contributed by atoms with E-state index in [-0.39, 0.29) is 12.5 Å². The van der Waals surface area contributed by atoms with Gasteiger partial charge in [-0.2, -0.15) is 0 Å². The number of nitrogens with one attached hydrogen (secondary N) is 1. The molecule has 0 atom stereocenters. The molecule has 6 nitrogen and oxygen atoms in total. The smallest absolute Gasteiger partial charge is 0.338 e. The summed E-state index contributed by atoms with van der Waals surface area (Å²) in [7, 11) is 3.89. The van der Waals surface area contributed by atoms with Crippen molar-refractivity contribution in [1.29, 1.82) is 0 Å². The third kappa shape index (κ3) is 5.74. The fraction of sp³-hybridized carbons (Fsp3) is 0.333. The zero-order valence-electron chi connectivity index (χ0n) is 16.4. The first-order valence-electron chi connectivity index (χ1n) is 9.04. The molecule has 0 saturated carbocycles. The Bertz CT molecular complexity index is 751. The molecular weight excluding hydrogens is 342 g/mol. The third-order valence-corrected chi connectivity index (χ3v) is 4.23. The van der Waals surface area contributed by atoms with Crippen LogP contribution in [-0.2, 0) is 9.53 Å². The molecule has 0 saturated heterocycles. The van der Waals surface area contributed by atoms with Gasteiger partial charge in [0.2, 0.25) is 0 Å². The first-order valence-corrected chi connectivity index (χ1v) is 9.04. The van der Waals surface area contributed by atoms with E-state index in [1.165, 1.54) is 0 Å². The SMILES string of the molecule is CCN(CC)c1ccc(C(=O)OCC(=O)Nc2ccc(N(C)C)cc2)cc1. The Balaban J connectivity index is 1.86. The highest BCUT2D eigenvalue weighted by Gasteiger charge is 2.11. The van der Waals surface area contributed by atoms with Crippen molar-refractivity contribution in [3.63, 3.8) is 0 Å². The molecule has 144 valence electrons. The van der Waals surface area contributed by atoms with E-state index in [4.69, 9.17) is 4.74 Å². The molecule has 2 aromatic rings. The first kappa shape index (κ1) is 20.3. The van der Waals surface area contributed by atoms with Gasteiger partial charge in [0.25, 0.3) is 5.91 Å². The van der Waals surface area contributed by atoms with Crippen LogP contribution in [0.3, 0.4) is 0 Å². The van der Waals surface area contributed by atoms with E-state index in [1.807, 2.05) is 43.3 Å². The average Bonchev–Trinajstić information content (AvgIpc) is 2.68. The van der Waals surface area contributed by atoms with E-state index in [1.54, 1.807) is 24.3 Å². The van der Waals surface area contributed by atoms with Gasteiger partial charge in [0.1, 0.15) is 0 Å². The summed E-state index contributed by atoms with van der Waals surface area (Å²) in [6.45, 7) is 5.63. The van der Waals surface area contributed by atoms with Crippen LogP contribution in [0.1, 0.15) is 24.2 Å². The molecule has 0 aliphatic carbocycles. The van der Waals surface area contributed by atoms with E-state index in [9.17, 15) is 9.59 Å². The maximum atomic E-state index is 12.1. The lowest BCUT2D eigenvalue weighted by Gasteiger charge is -2.20. The maximum absolute atomic E-state index is 12.1. The Hall–Kier alpha value is -3.02. The summed E-state index contributed by atoms with van der Waals surface area (Å²) in [6.07, 6.45) is 0. The molecule has 0 fully saturated rings. The van der Waals surface area contributed by atoms with Crippen LogP contribution in [0.25, 0.3) is 0 Å². The second kappa shape index (κ2) is 9.62. The van der Waals surface area contributed by atoms with Crippen LogP contribution < -0.4 is 15.1 Å².